The van der Waals surface area contributed by atoms with Gasteiger partial charge in [-0.25, -0.2) is 4.79 Å². The summed E-state index contributed by atoms with van der Waals surface area (Å²) in [6, 6.07) is 5.82. The van der Waals surface area contributed by atoms with Crippen molar-refractivity contribution in [3.63, 3.8) is 0 Å². The number of esters is 1. The highest BCUT2D eigenvalue weighted by Crippen LogP contribution is 2.24. The molecule has 1 aromatic carbocycles. The zero-order valence-corrected chi connectivity index (χ0v) is 11.1. The SMILES string of the molecule is COC(=O)C(C)=CCSc1cc(N)ccc1C. The van der Waals surface area contributed by atoms with Gasteiger partial charge in [-0.1, -0.05) is 12.1 Å². The van der Waals surface area contributed by atoms with Gasteiger partial charge in [0.05, 0.1) is 7.11 Å². The van der Waals surface area contributed by atoms with Crippen LogP contribution >= 0.6 is 11.8 Å². The number of hydrogen-bond acceptors (Lipinski definition) is 4. The van der Waals surface area contributed by atoms with E-state index in [4.69, 9.17) is 5.73 Å². The normalized spacial score (nSPS) is 11.4. The van der Waals surface area contributed by atoms with E-state index in [-0.39, 0.29) is 5.97 Å². The Morgan fingerprint density at radius 3 is 2.88 bits per heavy atom. The number of methoxy groups -OCH3 is 1. The van der Waals surface area contributed by atoms with Crippen molar-refractivity contribution in [3.8, 4) is 0 Å². The molecule has 0 atom stereocenters. The van der Waals surface area contributed by atoms with Gasteiger partial charge in [-0.3, -0.25) is 0 Å². The summed E-state index contributed by atoms with van der Waals surface area (Å²) >= 11 is 1.65. The minimum absolute atomic E-state index is 0.283. The van der Waals surface area contributed by atoms with Crippen molar-refractivity contribution >= 4 is 23.4 Å². The number of carbonyl (C=O) groups is 1. The summed E-state index contributed by atoms with van der Waals surface area (Å²) in [6.45, 7) is 3.79. The van der Waals surface area contributed by atoms with Crippen LogP contribution in [0.2, 0.25) is 0 Å². The van der Waals surface area contributed by atoms with Crippen LogP contribution in [0.5, 0.6) is 0 Å². The second-order valence-electron chi connectivity index (χ2n) is 3.71. The number of nitrogen functional groups attached to an aromatic ring is 1. The molecule has 3 nitrogen and oxygen atoms in total. The van der Waals surface area contributed by atoms with Gasteiger partial charge in [0.25, 0.3) is 0 Å². The number of hydrogen-bond donors (Lipinski definition) is 1. The van der Waals surface area contributed by atoms with Crippen LogP contribution in [0, 0.1) is 6.92 Å². The van der Waals surface area contributed by atoms with Crippen molar-refractivity contribution in [1.82, 2.24) is 0 Å². The molecule has 0 aliphatic carbocycles. The lowest BCUT2D eigenvalue weighted by molar-refractivity contribution is -0.136. The predicted octanol–water partition coefficient (Wildman–Crippen LogP) is 2.79. The summed E-state index contributed by atoms with van der Waals surface area (Å²) in [4.78, 5) is 12.3. The van der Waals surface area contributed by atoms with Crippen LogP contribution in [0.4, 0.5) is 5.69 Å². The first kappa shape index (κ1) is 13.6. The van der Waals surface area contributed by atoms with Gasteiger partial charge in [0.2, 0.25) is 0 Å². The molecule has 4 heteroatoms. The molecule has 0 heterocycles. The molecule has 0 aliphatic rings. The number of anilines is 1. The van der Waals surface area contributed by atoms with Crippen LogP contribution in [0.3, 0.4) is 0 Å². The second kappa shape index (κ2) is 6.35. The van der Waals surface area contributed by atoms with E-state index >= 15 is 0 Å². The largest absolute Gasteiger partial charge is 0.466 e. The predicted molar refractivity (Wildman–Crippen MR) is 72.1 cm³/mol. The maximum absolute atomic E-state index is 11.2. The highest BCUT2D eigenvalue weighted by atomic mass is 32.2. The Balaban J connectivity index is 2.62. The van der Waals surface area contributed by atoms with E-state index < -0.39 is 0 Å². The average molecular weight is 251 g/mol. The van der Waals surface area contributed by atoms with Gasteiger partial charge in [0, 0.05) is 21.9 Å². The Labute approximate surface area is 106 Å². The van der Waals surface area contributed by atoms with E-state index in [1.165, 1.54) is 12.7 Å². The zero-order valence-electron chi connectivity index (χ0n) is 10.3. The number of nitrogens with two attached hydrogens (primary N) is 1. The van der Waals surface area contributed by atoms with Crippen LogP contribution in [-0.2, 0) is 9.53 Å². The minimum atomic E-state index is -0.283. The van der Waals surface area contributed by atoms with E-state index in [1.54, 1.807) is 18.7 Å². The zero-order chi connectivity index (χ0) is 12.8. The minimum Gasteiger partial charge on any atom is -0.466 e. The topological polar surface area (TPSA) is 52.3 Å². The first-order valence-electron chi connectivity index (χ1n) is 5.28. The Bertz CT molecular complexity index is 441. The molecule has 0 spiro atoms. The average Bonchev–Trinajstić information content (AvgIpc) is 2.32. The molecule has 0 radical (unpaired) electrons. The third kappa shape index (κ3) is 4.15. The number of aryl methyl sites for hydroxylation is 1. The van der Waals surface area contributed by atoms with Crippen molar-refractivity contribution in [1.29, 1.82) is 0 Å². The lowest BCUT2D eigenvalue weighted by atomic mass is 10.2. The lowest BCUT2D eigenvalue weighted by Gasteiger charge is -2.05. The fourth-order valence-corrected chi connectivity index (χ4v) is 2.30. The molecular weight excluding hydrogens is 234 g/mol. The van der Waals surface area contributed by atoms with Crippen LogP contribution < -0.4 is 5.73 Å². The van der Waals surface area contributed by atoms with Crippen LogP contribution in [-0.4, -0.2) is 18.8 Å². The van der Waals surface area contributed by atoms with Gasteiger partial charge in [0.15, 0.2) is 0 Å². The quantitative estimate of drug-likeness (QED) is 0.387. The summed E-state index contributed by atoms with van der Waals surface area (Å²) in [6.07, 6.45) is 1.86. The Morgan fingerprint density at radius 2 is 2.24 bits per heavy atom. The Kier molecular flexibility index (Phi) is 5.10. The van der Waals surface area contributed by atoms with Crippen LogP contribution in [0.15, 0.2) is 34.7 Å². The first-order valence-corrected chi connectivity index (χ1v) is 6.27. The van der Waals surface area contributed by atoms with E-state index in [9.17, 15) is 4.79 Å². The van der Waals surface area contributed by atoms with Gasteiger partial charge in [-0.05, 0) is 31.5 Å². The number of thioether (sulfide) groups is 1. The molecule has 0 saturated carbocycles. The van der Waals surface area contributed by atoms with Gasteiger partial charge in [-0.15, -0.1) is 11.8 Å². The van der Waals surface area contributed by atoms with E-state index in [2.05, 4.69) is 4.74 Å². The second-order valence-corrected chi connectivity index (χ2v) is 4.78. The van der Waals surface area contributed by atoms with Crippen molar-refractivity contribution in [2.45, 2.75) is 18.7 Å². The molecule has 17 heavy (non-hydrogen) atoms. The highest BCUT2D eigenvalue weighted by molar-refractivity contribution is 7.99. The maximum Gasteiger partial charge on any atom is 0.333 e. The monoisotopic (exact) mass is 251 g/mol. The van der Waals surface area contributed by atoms with Gasteiger partial charge in [0.1, 0.15) is 0 Å². The van der Waals surface area contributed by atoms with Crippen molar-refractivity contribution in [3.05, 3.63) is 35.4 Å². The first-order chi connectivity index (χ1) is 8.04. The summed E-state index contributed by atoms with van der Waals surface area (Å²) in [5, 5.41) is 0. The highest BCUT2D eigenvalue weighted by Gasteiger charge is 2.03. The molecule has 1 aromatic rings. The number of rotatable bonds is 4. The third-order valence-electron chi connectivity index (χ3n) is 2.35. The Morgan fingerprint density at radius 1 is 1.53 bits per heavy atom. The fourth-order valence-electron chi connectivity index (χ4n) is 1.27. The van der Waals surface area contributed by atoms with Gasteiger partial charge < -0.3 is 10.5 Å². The van der Waals surface area contributed by atoms with Crippen LogP contribution in [0.1, 0.15) is 12.5 Å². The molecule has 0 fully saturated rings. The molecule has 0 bridgehead atoms. The fraction of sp³-hybridized carbons (Fsp3) is 0.308. The molecule has 0 saturated heterocycles. The van der Waals surface area contributed by atoms with Crippen molar-refractivity contribution in [2.75, 3.05) is 18.6 Å². The molecule has 2 N–H and O–H groups in total. The molecule has 1 rings (SSSR count). The number of carbonyl (C=O) groups excluding carboxylic acids is 1. The molecule has 0 aromatic heterocycles. The van der Waals surface area contributed by atoms with E-state index in [1.807, 2.05) is 31.2 Å². The van der Waals surface area contributed by atoms with Crippen LogP contribution in [0.25, 0.3) is 0 Å². The smallest absolute Gasteiger partial charge is 0.333 e. The number of benzene rings is 1. The summed E-state index contributed by atoms with van der Waals surface area (Å²) < 4.78 is 4.62. The van der Waals surface area contributed by atoms with Gasteiger partial charge >= 0.3 is 5.97 Å². The maximum atomic E-state index is 11.2. The van der Waals surface area contributed by atoms with Crippen molar-refractivity contribution in [2.24, 2.45) is 0 Å². The molecular formula is C13H17NO2S. The number of ether oxygens (including phenoxy) is 1. The summed E-state index contributed by atoms with van der Waals surface area (Å²) in [7, 11) is 1.38. The summed E-state index contributed by atoms with van der Waals surface area (Å²) in [5.74, 6) is 0.445. The summed E-state index contributed by atoms with van der Waals surface area (Å²) in [5.41, 5.74) is 8.30. The third-order valence-corrected chi connectivity index (χ3v) is 3.43. The Hall–Kier alpha value is -1.42. The molecule has 92 valence electrons. The van der Waals surface area contributed by atoms with E-state index in [0.29, 0.717) is 5.57 Å². The van der Waals surface area contributed by atoms with Gasteiger partial charge in [-0.2, -0.15) is 0 Å². The lowest BCUT2D eigenvalue weighted by Crippen LogP contribution is -2.01. The standard InChI is InChI=1S/C13H17NO2S/c1-9-4-5-11(14)8-12(9)17-7-6-10(2)13(15)16-3/h4-6,8H,7,14H2,1-3H3. The van der Waals surface area contributed by atoms with E-state index in [0.717, 1.165) is 16.3 Å². The molecule has 0 unspecified atom stereocenters. The van der Waals surface area contributed by atoms with Crippen molar-refractivity contribution < 1.29 is 9.53 Å². The molecule has 0 aliphatic heterocycles. The molecule has 0 amide bonds.